The van der Waals surface area contributed by atoms with E-state index in [0.29, 0.717) is 0 Å². The largest absolute Gasteiger partial charge is 0.366 e. The normalized spacial score (nSPS) is 11.4. The van der Waals surface area contributed by atoms with E-state index in [1.54, 1.807) is 0 Å². The third kappa shape index (κ3) is 4.04. The van der Waals surface area contributed by atoms with Gasteiger partial charge in [0, 0.05) is 24.2 Å². The number of hydrogen-bond donors (Lipinski definition) is 4. The van der Waals surface area contributed by atoms with Crippen LogP contribution in [-0.4, -0.2) is 29.2 Å². The molecular formula is C16H13N5O7S. The first kappa shape index (κ1) is 19.9. The number of nitrogens with zero attached hydrogens (tertiary/aromatic N) is 1. The Kier molecular flexibility index (Phi) is 5.01. The Labute approximate surface area is 161 Å². The second-order valence-electron chi connectivity index (χ2n) is 5.91. The summed E-state index contributed by atoms with van der Waals surface area (Å²) in [5.74, 6) is -0.720. The van der Waals surface area contributed by atoms with E-state index in [9.17, 15) is 32.9 Å². The Morgan fingerprint density at radius 3 is 2.31 bits per heavy atom. The molecule has 0 fully saturated rings. The predicted molar refractivity (Wildman–Crippen MR) is 101 cm³/mol. The van der Waals surface area contributed by atoms with E-state index in [0.717, 1.165) is 12.1 Å². The Balaban J connectivity index is 1.99. The number of nitrogens with two attached hydrogens (primary N) is 1. The molecule has 0 aliphatic heterocycles. The summed E-state index contributed by atoms with van der Waals surface area (Å²) in [6, 6.07) is 6.95. The molecule has 0 spiro atoms. The van der Waals surface area contributed by atoms with Crippen LogP contribution in [0.15, 0.2) is 50.9 Å². The minimum atomic E-state index is -4.06. The van der Waals surface area contributed by atoms with Crippen molar-refractivity contribution in [1.29, 1.82) is 0 Å². The molecule has 3 rings (SSSR count). The third-order valence-electron chi connectivity index (χ3n) is 4.01. The number of aromatic amines is 2. The zero-order valence-electron chi connectivity index (χ0n) is 14.5. The number of nitro groups is 1. The van der Waals surface area contributed by atoms with Crippen LogP contribution in [0.2, 0.25) is 0 Å². The first-order valence-electron chi connectivity index (χ1n) is 7.91. The van der Waals surface area contributed by atoms with Crippen LogP contribution in [0.25, 0.3) is 11.0 Å². The molecule has 12 nitrogen and oxygen atoms in total. The highest BCUT2D eigenvalue weighted by atomic mass is 32.2. The number of aromatic nitrogens is 2. The van der Waals surface area contributed by atoms with Crippen molar-refractivity contribution in [3.63, 3.8) is 0 Å². The molecule has 0 unspecified atom stereocenters. The lowest BCUT2D eigenvalue weighted by atomic mass is 10.1. The monoisotopic (exact) mass is 419 g/mol. The lowest BCUT2D eigenvalue weighted by Gasteiger charge is -2.09. The molecule has 0 saturated carbocycles. The predicted octanol–water partition coefficient (Wildman–Crippen LogP) is -0.298. The minimum absolute atomic E-state index is 0.0243. The van der Waals surface area contributed by atoms with Crippen molar-refractivity contribution in [3.8, 4) is 0 Å². The van der Waals surface area contributed by atoms with Gasteiger partial charge in [0.1, 0.15) is 0 Å². The number of primary amides is 1. The zero-order valence-corrected chi connectivity index (χ0v) is 15.3. The number of non-ortho nitro benzene ring substituents is 1. The highest BCUT2D eigenvalue weighted by Crippen LogP contribution is 2.22. The maximum Gasteiger partial charge on any atom is 0.314 e. The second-order valence-corrected chi connectivity index (χ2v) is 7.67. The van der Waals surface area contributed by atoms with Gasteiger partial charge in [0.15, 0.2) is 0 Å². The molecule has 1 heterocycles. The summed E-state index contributed by atoms with van der Waals surface area (Å²) >= 11 is 0. The Hall–Kier alpha value is -3.84. The topological polar surface area (TPSA) is 198 Å². The standard InChI is InChI=1S/C16H13N5O7S/c17-14(22)8-1-3-11(4-2-8)29(27,28)18-7-9-5-10(21(25)26)6-12-13(9)20-16(24)15(23)19-12/h1-6,18H,7H2,(H2,17,22)(H,19,23)(H,20,24). The summed E-state index contributed by atoms with van der Waals surface area (Å²) in [7, 11) is -4.06. The first-order valence-corrected chi connectivity index (χ1v) is 9.40. The summed E-state index contributed by atoms with van der Waals surface area (Å²) < 4.78 is 27.2. The molecule has 0 aliphatic rings. The number of nitro benzene ring substituents is 1. The fourth-order valence-corrected chi connectivity index (χ4v) is 3.59. The molecule has 0 aliphatic carbocycles. The van der Waals surface area contributed by atoms with E-state index in [1.807, 2.05) is 0 Å². The van der Waals surface area contributed by atoms with Crippen molar-refractivity contribution >= 4 is 32.7 Å². The first-order chi connectivity index (χ1) is 13.6. The van der Waals surface area contributed by atoms with Crippen LogP contribution < -0.4 is 21.6 Å². The fraction of sp³-hybridized carbons (Fsp3) is 0.0625. The van der Waals surface area contributed by atoms with Crippen molar-refractivity contribution in [1.82, 2.24) is 14.7 Å². The third-order valence-corrected chi connectivity index (χ3v) is 5.43. The van der Waals surface area contributed by atoms with Crippen LogP contribution in [0, 0.1) is 10.1 Å². The highest BCUT2D eigenvalue weighted by Gasteiger charge is 2.18. The highest BCUT2D eigenvalue weighted by molar-refractivity contribution is 7.89. The fourth-order valence-electron chi connectivity index (χ4n) is 2.58. The van der Waals surface area contributed by atoms with Crippen LogP contribution in [0.3, 0.4) is 0 Å². The van der Waals surface area contributed by atoms with E-state index in [-0.39, 0.29) is 27.1 Å². The van der Waals surface area contributed by atoms with Crippen LogP contribution in [-0.2, 0) is 16.6 Å². The number of carbonyl (C=O) groups is 1. The van der Waals surface area contributed by atoms with E-state index in [4.69, 9.17) is 5.73 Å². The number of carbonyl (C=O) groups excluding carboxylic acids is 1. The van der Waals surface area contributed by atoms with E-state index >= 15 is 0 Å². The molecule has 0 atom stereocenters. The Morgan fingerprint density at radius 2 is 1.72 bits per heavy atom. The summed E-state index contributed by atoms with van der Waals surface area (Å²) in [5, 5.41) is 11.1. The van der Waals surface area contributed by atoms with Crippen molar-refractivity contribution in [3.05, 3.63) is 78.3 Å². The number of sulfonamides is 1. The molecule has 0 radical (unpaired) electrons. The van der Waals surface area contributed by atoms with Gasteiger partial charge in [-0.25, -0.2) is 13.1 Å². The van der Waals surface area contributed by atoms with Crippen LogP contribution in [0.1, 0.15) is 15.9 Å². The van der Waals surface area contributed by atoms with E-state index < -0.39 is 44.2 Å². The van der Waals surface area contributed by atoms with Crippen LogP contribution >= 0.6 is 0 Å². The van der Waals surface area contributed by atoms with E-state index in [2.05, 4.69) is 14.7 Å². The van der Waals surface area contributed by atoms with Crippen LogP contribution in [0.4, 0.5) is 5.69 Å². The maximum atomic E-state index is 12.5. The van der Waals surface area contributed by atoms with Gasteiger partial charge in [0.05, 0.1) is 20.9 Å². The van der Waals surface area contributed by atoms with Crippen molar-refractivity contribution in [2.45, 2.75) is 11.4 Å². The number of benzene rings is 2. The lowest BCUT2D eigenvalue weighted by Crippen LogP contribution is -2.30. The van der Waals surface area contributed by atoms with Crippen molar-refractivity contribution < 1.29 is 18.1 Å². The number of rotatable bonds is 6. The SMILES string of the molecule is NC(=O)c1ccc(S(=O)(=O)NCc2cc([N+](=O)[O-])cc3[nH]c(=O)c(=O)[nH]c23)cc1. The smallest absolute Gasteiger partial charge is 0.314 e. The number of nitrogens with one attached hydrogen (secondary N) is 3. The Morgan fingerprint density at radius 1 is 1.10 bits per heavy atom. The number of H-pyrrole nitrogens is 2. The van der Waals surface area contributed by atoms with E-state index in [1.165, 1.54) is 24.3 Å². The number of amides is 1. The summed E-state index contributed by atoms with van der Waals surface area (Å²) in [5.41, 5.74) is 2.93. The van der Waals surface area contributed by atoms with Gasteiger partial charge in [0.2, 0.25) is 15.9 Å². The van der Waals surface area contributed by atoms with Gasteiger partial charge < -0.3 is 15.7 Å². The number of hydrogen-bond acceptors (Lipinski definition) is 7. The molecule has 29 heavy (non-hydrogen) atoms. The van der Waals surface area contributed by atoms with Crippen molar-refractivity contribution in [2.75, 3.05) is 0 Å². The number of fused-ring (bicyclic) bond motifs is 1. The summed E-state index contributed by atoms with van der Waals surface area (Å²) in [6.45, 7) is -0.417. The molecule has 13 heteroatoms. The molecule has 150 valence electrons. The second kappa shape index (κ2) is 7.29. The molecule has 3 aromatic rings. The average Bonchev–Trinajstić information content (AvgIpc) is 2.67. The van der Waals surface area contributed by atoms with Gasteiger partial charge in [-0.15, -0.1) is 0 Å². The summed E-state index contributed by atoms with van der Waals surface area (Å²) in [4.78, 5) is 48.9. The quantitative estimate of drug-likeness (QED) is 0.239. The molecule has 0 saturated heterocycles. The van der Waals surface area contributed by atoms with Crippen LogP contribution in [0.5, 0.6) is 0 Å². The van der Waals surface area contributed by atoms with Gasteiger partial charge in [-0.1, -0.05) is 0 Å². The molecular weight excluding hydrogens is 406 g/mol. The minimum Gasteiger partial charge on any atom is -0.366 e. The molecule has 1 aromatic heterocycles. The lowest BCUT2D eigenvalue weighted by molar-refractivity contribution is -0.384. The van der Waals surface area contributed by atoms with Gasteiger partial charge in [-0.3, -0.25) is 24.5 Å². The average molecular weight is 419 g/mol. The molecule has 2 aromatic carbocycles. The zero-order chi connectivity index (χ0) is 21.3. The molecule has 5 N–H and O–H groups in total. The Bertz CT molecular complexity index is 1360. The molecule has 1 amide bonds. The van der Waals surface area contributed by atoms with Gasteiger partial charge >= 0.3 is 11.1 Å². The molecule has 0 bridgehead atoms. The van der Waals surface area contributed by atoms with Gasteiger partial charge in [0.25, 0.3) is 5.69 Å². The summed E-state index contributed by atoms with van der Waals surface area (Å²) in [6.07, 6.45) is 0. The van der Waals surface area contributed by atoms with Crippen molar-refractivity contribution in [2.24, 2.45) is 5.73 Å². The van der Waals surface area contributed by atoms with Gasteiger partial charge in [-0.2, -0.15) is 0 Å². The maximum absolute atomic E-state index is 12.5. The van der Waals surface area contributed by atoms with Gasteiger partial charge in [-0.05, 0) is 29.8 Å².